The number of hydrogen-bond donors (Lipinski definition) is 0. The molecule has 2 heteroatoms. The van der Waals surface area contributed by atoms with Crippen molar-refractivity contribution in [1.82, 2.24) is 4.57 Å². The van der Waals surface area contributed by atoms with Gasteiger partial charge in [0, 0.05) is 36.1 Å². The summed E-state index contributed by atoms with van der Waals surface area (Å²) < 4.78 is 2.12. The van der Waals surface area contributed by atoms with Crippen molar-refractivity contribution in [2.45, 2.75) is 19.3 Å². The molecule has 0 N–H and O–H groups in total. The van der Waals surface area contributed by atoms with Gasteiger partial charge in [-0.3, -0.25) is 4.79 Å². The Labute approximate surface area is 88.5 Å². The number of carbonyl (C=O) groups is 1. The Morgan fingerprint density at radius 3 is 3.00 bits per heavy atom. The van der Waals surface area contributed by atoms with Gasteiger partial charge in [-0.1, -0.05) is 12.1 Å². The lowest BCUT2D eigenvalue weighted by atomic mass is 10.0. The van der Waals surface area contributed by atoms with Crippen LogP contribution >= 0.6 is 0 Å². The number of aromatic nitrogens is 1. The van der Waals surface area contributed by atoms with Crippen molar-refractivity contribution in [2.24, 2.45) is 7.05 Å². The highest BCUT2D eigenvalue weighted by molar-refractivity contribution is 6.09. The Kier molecular flexibility index (Phi) is 1.72. The Morgan fingerprint density at radius 1 is 1.27 bits per heavy atom. The lowest BCUT2D eigenvalue weighted by Gasteiger charge is -2.01. The van der Waals surface area contributed by atoms with Crippen LogP contribution in [0.15, 0.2) is 24.4 Å². The van der Waals surface area contributed by atoms with Crippen molar-refractivity contribution in [1.29, 1.82) is 0 Å². The van der Waals surface area contributed by atoms with Gasteiger partial charge in [0.05, 0.1) is 0 Å². The average molecular weight is 199 g/mol. The highest BCUT2D eigenvalue weighted by atomic mass is 16.1. The van der Waals surface area contributed by atoms with Crippen LogP contribution in [-0.4, -0.2) is 10.4 Å². The number of Topliss-reactive ketones (excluding diaryl/α,β-unsaturated/α-hetero) is 1. The number of ketones is 1. The summed E-state index contributed by atoms with van der Waals surface area (Å²) in [5.41, 5.74) is 3.42. The number of carbonyl (C=O) groups excluding carboxylic acids is 1. The van der Waals surface area contributed by atoms with E-state index in [1.54, 1.807) is 0 Å². The first-order valence-corrected chi connectivity index (χ1v) is 5.37. The molecule has 0 aliphatic heterocycles. The predicted octanol–water partition coefficient (Wildman–Crippen LogP) is 2.70. The number of rotatable bonds is 0. The van der Waals surface area contributed by atoms with Crippen LogP contribution in [0.25, 0.3) is 10.9 Å². The highest BCUT2D eigenvalue weighted by Gasteiger charge is 2.18. The molecule has 1 aliphatic rings. The lowest BCUT2D eigenvalue weighted by Crippen LogP contribution is -1.97. The van der Waals surface area contributed by atoms with Crippen LogP contribution < -0.4 is 0 Å². The molecule has 0 amide bonds. The summed E-state index contributed by atoms with van der Waals surface area (Å²) in [6.07, 6.45) is 4.86. The van der Waals surface area contributed by atoms with E-state index in [-0.39, 0.29) is 0 Å². The zero-order valence-corrected chi connectivity index (χ0v) is 8.79. The van der Waals surface area contributed by atoms with Gasteiger partial charge in [0.15, 0.2) is 5.78 Å². The summed E-state index contributed by atoms with van der Waals surface area (Å²) in [6, 6.07) is 6.02. The molecule has 1 aromatic heterocycles. The molecule has 2 aromatic rings. The molecule has 2 nitrogen and oxygen atoms in total. The molecule has 0 atom stereocenters. The van der Waals surface area contributed by atoms with E-state index >= 15 is 0 Å². The third-order valence-corrected chi connectivity index (χ3v) is 3.24. The first kappa shape index (κ1) is 8.72. The zero-order valence-electron chi connectivity index (χ0n) is 8.79. The maximum absolute atomic E-state index is 11.9. The summed E-state index contributed by atoms with van der Waals surface area (Å²) in [7, 11) is 2.04. The molecule has 0 fully saturated rings. The van der Waals surface area contributed by atoms with E-state index in [0.29, 0.717) is 12.2 Å². The monoisotopic (exact) mass is 199 g/mol. The van der Waals surface area contributed by atoms with E-state index in [9.17, 15) is 4.79 Å². The molecular formula is C13H13NO. The number of aryl methyl sites for hydroxylation is 2. The predicted molar refractivity (Wildman–Crippen MR) is 60.2 cm³/mol. The second-order valence-electron chi connectivity index (χ2n) is 4.24. The van der Waals surface area contributed by atoms with Gasteiger partial charge in [-0.25, -0.2) is 0 Å². The third-order valence-electron chi connectivity index (χ3n) is 3.24. The fourth-order valence-electron chi connectivity index (χ4n) is 2.54. The molecule has 1 heterocycles. The maximum atomic E-state index is 11.9. The van der Waals surface area contributed by atoms with Crippen LogP contribution in [-0.2, 0) is 13.5 Å². The topological polar surface area (TPSA) is 22.0 Å². The second kappa shape index (κ2) is 2.96. The fraction of sp³-hybridized carbons (Fsp3) is 0.308. The maximum Gasteiger partial charge on any atom is 0.163 e. The second-order valence-corrected chi connectivity index (χ2v) is 4.24. The molecule has 0 saturated heterocycles. The van der Waals surface area contributed by atoms with Gasteiger partial charge in [0.25, 0.3) is 0 Å². The van der Waals surface area contributed by atoms with E-state index < -0.39 is 0 Å². The van der Waals surface area contributed by atoms with E-state index in [2.05, 4.69) is 16.8 Å². The highest BCUT2D eigenvalue weighted by Crippen LogP contribution is 2.29. The molecule has 0 radical (unpaired) electrons. The van der Waals surface area contributed by atoms with Gasteiger partial charge in [0.1, 0.15) is 0 Å². The Morgan fingerprint density at radius 2 is 2.13 bits per heavy atom. The van der Waals surface area contributed by atoms with Gasteiger partial charge in [0.2, 0.25) is 0 Å². The molecule has 15 heavy (non-hydrogen) atoms. The van der Waals surface area contributed by atoms with Crippen LogP contribution in [0.2, 0.25) is 0 Å². The normalized spacial score (nSPS) is 15.7. The standard InChI is InChI=1S/C13H13NO/c1-14-8-9-4-2-7-12(15)10-5-3-6-11(14)13(9)10/h3,5-6,8H,2,4,7H2,1H3. The Hall–Kier alpha value is -1.57. The summed E-state index contributed by atoms with van der Waals surface area (Å²) in [6.45, 7) is 0. The van der Waals surface area contributed by atoms with Crippen molar-refractivity contribution in [2.75, 3.05) is 0 Å². The largest absolute Gasteiger partial charge is 0.350 e. The van der Waals surface area contributed by atoms with Gasteiger partial charge in [-0.2, -0.15) is 0 Å². The zero-order chi connectivity index (χ0) is 10.4. The molecule has 1 aliphatic carbocycles. The van der Waals surface area contributed by atoms with Crippen molar-refractivity contribution in [3.8, 4) is 0 Å². The van der Waals surface area contributed by atoms with E-state index in [1.165, 1.54) is 16.5 Å². The smallest absolute Gasteiger partial charge is 0.163 e. The van der Waals surface area contributed by atoms with Crippen molar-refractivity contribution >= 4 is 16.7 Å². The summed E-state index contributed by atoms with van der Waals surface area (Å²) >= 11 is 0. The van der Waals surface area contributed by atoms with Crippen LogP contribution in [0.5, 0.6) is 0 Å². The Bertz CT molecular complexity index is 551. The van der Waals surface area contributed by atoms with Crippen molar-refractivity contribution in [3.05, 3.63) is 35.5 Å². The van der Waals surface area contributed by atoms with Crippen molar-refractivity contribution in [3.63, 3.8) is 0 Å². The molecular weight excluding hydrogens is 186 g/mol. The quantitative estimate of drug-likeness (QED) is 0.639. The van der Waals surface area contributed by atoms with Crippen LogP contribution in [0.1, 0.15) is 28.8 Å². The molecule has 0 spiro atoms. The fourth-order valence-corrected chi connectivity index (χ4v) is 2.54. The minimum absolute atomic E-state index is 0.297. The molecule has 0 bridgehead atoms. The summed E-state index contributed by atoms with van der Waals surface area (Å²) in [4.78, 5) is 11.9. The van der Waals surface area contributed by atoms with Crippen LogP contribution in [0.4, 0.5) is 0 Å². The van der Waals surface area contributed by atoms with E-state index in [4.69, 9.17) is 0 Å². The summed E-state index contributed by atoms with van der Waals surface area (Å²) in [5.74, 6) is 0.297. The molecule has 0 unspecified atom stereocenters. The number of nitrogens with zero attached hydrogens (tertiary/aromatic N) is 1. The van der Waals surface area contributed by atoms with E-state index in [1.807, 2.05) is 19.2 Å². The molecule has 0 saturated carbocycles. The third kappa shape index (κ3) is 1.14. The van der Waals surface area contributed by atoms with Gasteiger partial charge >= 0.3 is 0 Å². The van der Waals surface area contributed by atoms with Crippen LogP contribution in [0.3, 0.4) is 0 Å². The average Bonchev–Trinajstić information content (AvgIpc) is 2.46. The van der Waals surface area contributed by atoms with Gasteiger partial charge < -0.3 is 4.57 Å². The number of benzene rings is 1. The minimum atomic E-state index is 0.297. The van der Waals surface area contributed by atoms with Crippen molar-refractivity contribution < 1.29 is 4.79 Å². The lowest BCUT2D eigenvalue weighted by molar-refractivity contribution is 0.0983. The van der Waals surface area contributed by atoms with Gasteiger partial charge in [-0.05, 0) is 24.5 Å². The SMILES string of the molecule is Cn1cc2c3c(cccc31)C(=O)CCC2. The summed E-state index contributed by atoms with van der Waals surface area (Å²) in [5, 5.41) is 1.18. The first-order chi connectivity index (χ1) is 7.27. The van der Waals surface area contributed by atoms with E-state index in [0.717, 1.165) is 18.4 Å². The molecule has 3 rings (SSSR count). The van der Waals surface area contributed by atoms with Crippen LogP contribution in [0, 0.1) is 0 Å². The first-order valence-electron chi connectivity index (χ1n) is 5.37. The Balaban J connectivity index is 2.46. The van der Waals surface area contributed by atoms with Gasteiger partial charge in [-0.15, -0.1) is 0 Å². The molecule has 76 valence electrons. The molecule has 1 aromatic carbocycles. The minimum Gasteiger partial charge on any atom is -0.350 e. The number of hydrogen-bond acceptors (Lipinski definition) is 1.